The van der Waals surface area contributed by atoms with Crippen LogP contribution in [0.5, 0.6) is 5.75 Å². The lowest BCUT2D eigenvalue weighted by molar-refractivity contribution is 0.0956. The van der Waals surface area contributed by atoms with E-state index in [0.29, 0.717) is 33.4 Å². The van der Waals surface area contributed by atoms with Gasteiger partial charge in [0.25, 0.3) is 5.91 Å². The van der Waals surface area contributed by atoms with Gasteiger partial charge in [0.2, 0.25) is 0 Å². The molecule has 122 valence electrons. The first-order valence-corrected chi connectivity index (χ1v) is 7.80. The molecule has 1 aromatic carbocycles. The second-order valence-corrected chi connectivity index (χ2v) is 6.29. The van der Waals surface area contributed by atoms with Crippen LogP contribution in [0.1, 0.15) is 34.6 Å². The summed E-state index contributed by atoms with van der Waals surface area (Å²) in [6, 6.07) is 6.60. The number of anilines is 2. The van der Waals surface area contributed by atoms with E-state index in [4.69, 9.17) is 17.2 Å². The first-order chi connectivity index (χ1) is 10.8. The zero-order valence-electron chi connectivity index (χ0n) is 13.0. The third kappa shape index (κ3) is 3.57. The Kier molecular flexibility index (Phi) is 4.80. The minimum Gasteiger partial charge on any atom is -0.508 e. The van der Waals surface area contributed by atoms with E-state index in [-0.39, 0.29) is 11.7 Å². The van der Waals surface area contributed by atoms with Crippen LogP contribution in [-0.4, -0.2) is 11.0 Å². The van der Waals surface area contributed by atoms with Crippen molar-refractivity contribution in [2.75, 3.05) is 11.5 Å². The summed E-state index contributed by atoms with van der Waals surface area (Å²) in [5.74, 6) is -0.111. The predicted octanol–water partition coefficient (Wildman–Crippen LogP) is 2.26. The van der Waals surface area contributed by atoms with Gasteiger partial charge in [-0.15, -0.1) is 11.3 Å². The van der Waals surface area contributed by atoms with E-state index in [1.165, 1.54) is 0 Å². The molecule has 1 amide bonds. The molecule has 2 rings (SSSR count). The molecule has 0 radical (unpaired) electrons. The maximum Gasteiger partial charge on any atom is 0.263 e. The van der Waals surface area contributed by atoms with Gasteiger partial charge in [-0.05, 0) is 37.1 Å². The topological polar surface area (TPSA) is 127 Å². The highest BCUT2D eigenvalue weighted by Gasteiger charge is 2.21. The van der Waals surface area contributed by atoms with E-state index in [1.807, 2.05) is 6.92 Å². The number of aromatic hydroxyl groups is 1. The summed E-state index contributed by atoms with van der Waals surface area (Å²) in [4.78, 5) is 12.7. The molecule has 2 aromatic rings. The van der Waals surface area contributed by atoms with Crippen molar-refractivity contribution in [2.45, 2.75) is 20.4 Å². The molecule has 0 aliphatic rings. The van der Waals surface area contributed by atoms with Gasteiger partial charge in [0.1, 0.15) is 10.6 Å². The molecule has 0 bridgehead atoms. The molecular weight excluding hydrogens is 312 g/mol. The van der Waals surface area contributed by atoms with E-state index < -0.39 is 0 Å². The summed E-state index contributed by atoms with van der Waals surface area (Å²) in [5.41, 5.74) is 21.1. The molecule has 0 spiro atoms. The van der Waals surface area contributed by atoms with Crippen molar-refractivity contribution < 1.29 is 9.90 Å². The standard InChI is InChI=1S/C16H20N4O2S/c1-8(9(2)17)12-13(18)14(23-15(12)19)16(22)20-7-10-3-5-11(21)6-4-10/h3-6,21H,7,17-19H2,1-2H3,(H,20,22)/b9-8-. The smallest absolute Gasteiger partial charge is 0.263 e. The number of phenols is 1. The number of allylic oxidation sites excluding steroid dienone is 2. The van der Waals surface area contributed by atoms with Gasteiger partial charge < -0.3 is 27.6 Å². The third-order valence-electron chi connectivity index (χ3n) is 3.53. The predicted molar refractivity (Wildman–Crippen MR) is 94.9 cm³/mol. The van der Waals surface area contributed by atoms with E-state index in [1.54, 1.807) is 31.2 Å². The first kappa shape index (κ1) is 16.7. The molecule has 0 unspecified atom stereocenters. The molecule has 0 atom stereocenters. The number of benzene rings is 1. The molecule has 1 aromatic heterocycles. The number of rotatable bonds is 4. The fourth-order valence-corrected chi connectivity index (χ4v) is 3.05. The van der Waals surface area contributed by atoms with Crippen LogP contribution < -0.4 is 22.5 Å². The van der Waals surface area contributed by atoms with Crippen molar-refractivity contribution in [3.8, 4) is 5.75 Å². The zero-order valence-corrected chi connectivity index (χ0v) is 13.8. The maximum atomic E-state index is 12.3. The van der Waals surface area contributed by atoms with Crippen LogP contribution in [0.25, 0.3) is 5.57 Å². The number of nitrogens with two attached hydrogens (primary N) is 3. The molecule has 7 heteroatoms. The van der Waals surface area contributed by atoms with Crippen molar-refractivity contribution in [2.24, 2.45) is 5.73 Å². The van der Waals surface area contributed by atoms with Gasteiger partial charge in [0.15, 0.2) is 0 Å². The largest absolute Gasteiger partial charge is 0.508 e. The second-order valence-electron chi connectivity index (χ2n) is 5.24. The fourth-order valence-electron chi connectivity index (χ4n) is 2.09. The number of nitrogen functional groups attached to an aromatic ring is 2. The Morgan fingerprint density at radius 1 is 1.22 bits per heavy atom. The van der Waals surface area contributed by atoms with Gasteiger partial charge >= 0.3 is 0 Å². The third-order valence-corrected chi connectivity index (χ3v) is 4.57. The molecule has 0 aliphatic heterocycles. The molecule has 0 fully saturated rings. The summed E-state index contributed by atoms with van der Waals surface area (Å²) in [7, 11) is 0. The number of amides is 1. The van der Waals surface area contributed by atoms with E-state index in [9.17, 15) is 9.90 Å². The van der Waals surface area contributed by atoms with Gasteiger partial charge in [-0.25, -0.2) is 0 Å². The van der Waals surface area contributed by atoms with Crippen LogP contribution in [0.3, 0.4) is 0 Å². The summed E-state index contributed by atoms with van der Waals surface area (Å²) in [6.07, 6.45) is 0. The SMILES string of the molecule is C/C(N)=C(\C)c1c(N)sc(C(=O)NCc2ccc(O)cc2)c1N. The molecule has 23 heavy (non-hydrogen) atoms. The number of phenolic OH excluding ortho intramolecular Hbond substituents is 1. The summed E-state index contributed by atoms with van der Waals surface area (Å²) in [6.45, 7) is 3.91. The van der Waals surface area contributed by atoms with Crippen molar-refractivity contribution >= 4 is 33.5 Å². The van der Waals surface area contributed by atoms with Gasteiger partial charge in [0, 0.05) is 17.8 Å². The quantitative estimate of drug-likeness (QED) is 0.587. The lowest BCUT2D eigenvalue weighted by Gasteiger charge is -2.07. The van der Waals surface area contributed by atoms with Gasteiger partial charge in [-0.1, -0.05) is 12.1 Å². The number of hydrogen-bond donors (Lipinski definition) is 5. The summed E-state index contributed by atoms with van der Waals surface area (Å²) >= 11 is 1.14. The number of nitrogens with one attached hydrogen (secondary N) is 1. The van der Waals surface area contributed by atoms with Crippen molar-refractivity contribution in [3.05, 3.63) is 46.0 Å². The zero-order chi connectivity index (χ0) is 17.1. The summed E-state index contributed by atoms with van der Waals surface area (Å²) in [5, 5.41) is 12.5. The number of hydrogen-bond acceptors (Lipinski definition) is 6. The van der Waals surface area contributed by atoms with E-state index >= 15 is 0 Å². The van der Waals surface area contributed by atoms with Crippen LogP contribution in [-0.2, 0) is 6.54 Å². The normalized spacial score (nSPS) is 11.9. The van der Waals surface area contributed by atoms with Crippen LogP contribution >= 0.6 is 11.3 Å². The Balaban J connectivity index is 2.19. The lowest BCUT2D eigenvalue weighted by Crippen LogP contribution is -2.22. The number of thiophene rings is 1. The van der Waals surface area contributed by atoms with E-state index in [2.05, 4.69) is 5.32 Å². The molecule has 6 nitrogen and oxygen atoms in total. The highest BCUT2D eigenvalue weighted by Crippen LogP contribution is 2.38. The molecule has 8 N–H and O–H groups in total. The second kappa shape index (κ2) is 6.62. The Morgan fingerprint density at radius 2 is 1.83 bits per heavy atom. The van der Waals surface area contributed by atoms with Crippen molar-refractivity contribution in [1.29, 1.82) is 0 Å². The van der Waals surface area contributed by atoms with Crippen molar-refractivity contribution in [3.63, 3.8) is 0 Å². The van der Waals surface area contributed by atoms with Gasteiger partial charge in [-0.3, -0.25) is 4.79 Å². The maximum absolute atomic E-state index is 12.3. The Morgan fingerprint density at radius 3 is 2.39 bits per heavy atom. The van der Waals surface area contributed by atoms with E-state index in [0.717, 1.165) is 22.5 Å². The van der Waals surface area contributed by atoms with Crippen molar-refractivity contribution in [1.82, 2.24) is 5.32 Å². The molecule has 0 saturated heterocycles. The lowest BCUT2D eigenvalue weighted by atomic mass is 10.1. The molecule has 0 aliphatic carbocycles. The van der Waals surface area contributed by atoms with Crippen LogP contribution in [0.15, 0.2) is 30.0 Å². The minimum atomic E-state index is -0.291. The highest BCUT2D eigenvalue weighted by atomic mass is 32.1. The minimum absolute atomic E-state index is 0.180. The van der Waals surface area contributed by atoms with Gasteiger partial charge in [-0.2, -0.15) is 0 Å². The molecule has 1 heterocycles. The van der Waals surface area contributed by atoms with Gasteiger partial charge in [0.05, 0.1) is 10.7 Å². The molecular formula is C16H20N4O2S. The van der Waals surface area contributed by atoms with Crippen LogP contribution in [0.4, 0.5) is 10.7 Å². The number of carbonyl (C=O) groups excluding carboxylic acids is 1. The fraction of sp³-hybridized carbons (Fsp3) is 0.188. The molecule has 0 saturated carbocycles. The Labute approximate surface area is 138 Å². The number of carbonyl (C=O) groups is 1. The Hall–Kier alpha value is -2.67. The van der Waals surface area contributed by atoms with Crippen LogP contribution in [0, 0.1) is 0 Å². The monoisotopic (exact) mass is 332 g/mol. The van der Waals surface area contributed by atoms with Crippen LogP contribution in [0.2, 0.25) is 0 Å². The summed E-state index contributed by atoms with van der Waals surface area (Å²) < 4.78 is 0. The average molecular weight is 332 g/mol. The Bertz CT molecular complexity index is 759. The highest BCUT2D eigenvalue weighted by molar-refractivity contribution is 7.18. The average Bonchev–Trinajstić information content (AvgIpc) is 2.80. The first-order valence-electron chi connectivity index (χ1n) is 6.98.